The van der Waals surface area contributed by atoms with Crippen LogP contribution in [-0.2, 0) is 6.54 Å². The molecule has 0 aliphatic heterocycles. The molecular weight excluding hydrogens is 342 g/mol. The van der Waals surface area contributed by atoms with Crippen molar-refractivity contribution in [3.63, 3.8) is 0 Å². The molecule has 0 fully saturated rings. The molecular formula is C18H16ClN3OS. The fourth-order valence-corrected chi connectivity index (χ4v) is 3.55. The first-order valence-electron chi connectivity index (χ1n) is 7.44. The average Bonchev–Trinajstić information content (AvgIpc) is 2.99. The highest BCUT2D eigenvalue weighted by molar-refractivity contribution is 7.17. The summed E-state index contributed by atoms with van der Waals surface area (Å²) in [6.07, 6.45) is 1.72. The van der Waals surface area contributed by atoms with Gasteiger partial charge in [0.15, 0.2) is 0 Å². The number of hydrogen-bond donors (Lipinski definition) is 0. The maximum Gasteiger partial charge on any atom is 0.265 e. The molecule has 3 aromatic rings. The minimum absolute atomic E-state index is 0.0629. The molecule has 0 unspecified atom stereocenters. The highest BCUT2D eigenvalue weighted by Gasteiger charge is 2.20. The van der Waals surface area contributed by atoms with E-state index in [0.717, 1.165) is 22.0 Å². The molecule has 24 heavy (non-hydrogen) atoms. The van der Waals surface area contributed by atoms with E-state index in [1.165, 1.54) is 11.3 Å². The van der Waals surface area contributed by atoms with Crippen molar-refractivity contribution in [3.8, 4) is 10.7 Å². The van der Waals surface area contributed by atoms with Crippen LogP contribution in [0, 0.1) is 6.92 Å². The molecule has 0 bridgehead atoms. The Morgan fingerprint density at radius 1 is 1.21 bits per heavy atom. The van der Waals surface area contributed by atoms with Crippen LogP contribution in [0.1, 0.15) is 20.9 Å². The number of nitrogens with zero attached hydrogens (tertiary/aromatic N) is 3. The van der Waals surface area contributed by atoms with Crippen molar-refractivity contribution < 1.29 is 4.79 Å². The van der Waals surface area contributed by atoms with Crippen molar-refractivity contribution in [2.45, 2.75) is 13.5 Å². The van der Waals surface area contributed by atoms with Crippen LogP contribution >= 0.6 is 22.9 Å². The third-order valence-electron chi connectivity index (χ3n) is 3.59. The van der Waals surface area contributed by atoms with Crippen molar-refractivity contribution in [2.75, 3.05) is 7.05 Å². The molecule has 122 valence electrons. The molecule has 3 rings (SSSR count). The van der Waals surface area contributed by atoms with Gasteiger partial charge in [-0.2, -0.15) is 0 Å². The van der Waals surface area contributed by atoms with Crippen LogP contribution in [0.3, 0.4) is 0 Å². The summed E-state index contributed by atoms with van der Waals surface area (Å²) in [6, 6.07) is 13.2. The second-order valence-electron chi connectivity index (χ2n) is 5.40. The van der Waals surface area contributed by atoms with E-state index in [1.54, 1.807) is 18.1 Å². The van der Waals surface area contributed by atoms with Crippen LogP contribution in [0.4, 0.5) is 0 Å². The van der Waals surface area contributed by atoms with E-state index < -0.39 is 0 Å². The number of rotatable bonds is 4. The van der Waals surface area contributed by atoms with Crippen molar-refractivity contribution in [3.05, 3.63) is 69.8 Å². The van der Waals surface area contributed by atoms with Crippen LogP contribution in [0.2, 0.25) is 5.02 Å². The Hall–Kier alpha value is -2.24. The zero-order valence-electron chi connectivity index (χ0n) is 13.4. The van der Waals surface area contributed by atoms with E-state index in [1.807, 2.05) is 49.4 Å². The van der Waals surface area contributed by atoms with Crippen LogP contribution < -0.4 is 0 Å². The van der Waals surface area contributed by atoms with E-state index in [4.69, 9.17) is 11.6 Å². The van der Waals surface area contributed by atoms with Gasteiger partial charge in [-0.15, -0.1) is 11.3 Å². The zero-order valence-corrected chi connectivity index (χ0v) is 14.9. The Bertz CT molecular complexity index is 864. The molecule has 2 heterocycles. The first-order chi connectivity index (χ1) is 11.6. The molecule has 0 saturated carbocycles. The maximum absolute atomic E-state index is 12.8. The number of halogens is 1. The topological polar surface area (TPSA) is 46.1 Å². The third kappa shape index (κ3) is 3.47. The molecule has 1 amide bonds. The first kappa shape index (κ1) is 16.6. The molecule has 4 nitrogen and oxygen atoms in total. The van der Waals surface area contributed by atoms with Crippen molar-refractivity contribution >= 4 is 28.8 Å². The summed E-state index contributed by atoms with van der Waals surface area (Å²) >= 11 is 7.54. The van der Waals surface area contributed by atoms with Gasteiger partial charge in [-0.25, -0.2) is 4.98 Å². The molecule has 6 heteroatoms. The number of pyridine rings is 1. The molecule has 0 aliphatic carbocycles. The average molecular weight is 358 g/mol. The van der Waals surface area contributed by atoms with Crippen molar-refractivity contribution in [1.82, 2.24) is 14.9 Å². The fourth-order valence-electron chi connectivity index (χ4n) is 2.32. The van der Waals surface area contributed by atoms with Crippen LogP contribution in [0.25, 0.3) is 10.7 Å². The summed E-state index contributed by atoms with van der Waals surface area (Å²) in [5.41, 5.74) is 2.41. The summed E-state index contributed by atoms with van der Waals surface area (Å²) in [6.45, 7) is 2.30. The number of benzene rings is 1. The Morgan fingerprint density at radius 3 is 2.67 bits per heavy atom. The molecule has 0 saturated heterocycles. The van der Waals surface area contributed by atoms with Crippen molar-refractivity contribution in [2.24, 2.45) is 0 Å². The molecule has 0 atom stereocenters. The van der Waals surface area contributed by atoms with E-state index in [0.29, 0.717) is 16.4 Å². The van der Waals surface area contributed by atoms with Gasteiger partial charge in [0.05, 0.1) is 11.4 Å². The number of carbonyl (C=O) groups is 1. The summed E-state index contributed by atoms with van der Waals surface area (Å²) in [5.74, 6) is -0.0629. The van der Waals surface area contributed by atoms with E-state index in [9.17, 15) is 4.79 Å². The van der Waals surface area contributed by atoms with Gasteiger partial charge in [-0.05, 0) is 30.7 Å². The molecule has 0 aliphatic rings. The summed E-state index contributed by atoms with van der Waals surface area (Å²) in [4.78, 5) is 23.8. The lowest BCUT2D eigenvalue weighted by molar-refractivity contribution is 0.0789. The Morgan fingerprint density at radius 2 is 1.96 bits per heavy atom. The van der Waals surface area contributed by atoms with Crippen molar-refractivity contribution in [1.29, 1.82) is 0 Å². The molecule has 1 aromatic carbocycles. The quantitative estimate of drug-likeness (QED) is 0.693. The number of amides is 1. The second kappa shape index (κ2) is 7.11. The number of hydrogen-bond acceptors (Lipinski definition) is 4. The number of aryl methyl sites for hydroxylation is 1. The largest absolute Gasteiger partial charge is 0.337 e. The summed E-state index contributed by atoms with van der Waals surface area (Å²) < 4.78 is 0. The van der Waals surface area contributed by atoms with E-state index in [2.05, 4.69) is 9.97 Å². The Labute approximate surface area is 149 Å². The lowest BCUT2D eigenvalue weighted by Crippen LogP contribution is -2.26. The smallest absolute Gasteiger partial charge is 0.265 e. The lowest BCUT2D eigenvalue weighted by Gasteiger charge is -2.17. The van der Waals surface area contributed by atoms with Crippen LogP contribution in [0.15, 0.2) is 48.7 Å². The minimum atomic E-state index is -0.0629. The Balaban J connectivity index is 1.82. The normalized spacial score (nSPS) is 10.6. The molecule has 0 spiro atoms. The second-order valence-corrected chi connectivity index (χ2v) is 6.81. The molecule has 0 radical (unpaired) electrons. The standard InChI is InChI=1S/C18H16ClN3OS/c1-12-16(24-17(21-12)15-9-5-6-10-20-15)18(23)22(2)11-13-7-3-4-8-14(13)19/h3-10H,11H2,1-2H3. The number of thiazole rings is 1. The van der Waals surface area contributed by atoms with E-state index >= 15 is 0 Å². The van der Waals surface area contributed by atoms with Gasteiger partial charge in [-0.1, -0.05) is 35.9 Å². The van der Waals surface area contributed by atoms with E-state index in [-0.39, 0.29) is 5.91 Å². The molecule has 2 aromatic heterocycles. The predicted molar refractivity (Wildman–Crippen MR) is 97.3 cm³/mol. The summed E-state index contributed by atoms with van der Waals surface area (Å²) in [7, 11) is 1.77. The highest BCUT2D eigenvalue weighted by Crippen LogP contribution is 2.28. The maximum atomic E-state index is 12.8. The first-order valence-corrected chi connectivity index (χ1v) is 8.63. The lowest BCUT2D eigenvalue weighted by atomic mass is 10.2. The SMILES string of the molecule is Cc1nc(-c2ccccn2)sc1C(=O)N(C)Cc1ccccc1Cl. The number of aromatic nitrogens is 2. The van der Waals surface area contributed by atoms with Crippen LogP contribution in [-0.4, -0.2) is 27.8 Å². The number of carbonyl (C=O) groups excluding carboxylic acids is 1. The zero-order chi connectivity index (χ0) is 17.1. The highest BCUT2D eigenvalue weighted by atomic mass is 35.5. The van der Waals surface area contributed by atoms with Gasteiger partial charge >= 0.3 is 0 Å². The Kier molecular flexibility index (Phi) is 4.92. The van der Waals surface area contributed by atoms with Gasteiger partial charge in [0, 0.05) is 24.8 Å². The minimum Gasteiger partial charge on any atom is -0.337 e. The predicted octanol–water partition coefficient (Wildman–Crippen LogP) is 4.44. The molecule has 0 N–H and O–H groups in total. The van der Waals surface area contributed by atoms with Gasteiger partial charge in [0.25, 0.3) is 5.91 Å². The van der Waals surface area contributed by atoms with Gasteiger partial charge < -0.3 is 4.90 Å². The van der Waals surface area contributed by atoms with Gasteiger partial charge in [0.2, 0.25) is 0 Å². The van der Waals surface area contributed by atoms with Gasteiger partial charge in [0.1, 0.15) is 9.88 Å². The van der Waals surface area contributed by atoms with Gasteiger partial charge in [-0.3, -0.25) is 9.78 Å². The third-order valence-corrected chi connectivity index (χ3v) is 5.12. The monoisotopic (exact) mass is 357 g/mol. The fraction of sp³-hybridized carbons (Fsp3) is 0.167. The van der Waals surface area contributed by atoms with Crippen LogP contribution in [0.5, 0.6) is 0 Å². The summed E-state index contributed by atoms with van der Waals surface area (Å²) in [5, 5.41) is 1.41.